The normalized spacial score (nSPS) is 15.3. The van der Waals surface area contributed by atoms with E-state index in [1.807, 2.05) is 48.5 Å². The SMILES string of the molecule is CCC(=O)N(Cc1nccn1Cc1ccccc1Cl)C1CCCCC1. The molecule has 1 amide bonds. The van der Waals surface area contributed by atoms with Crippen LogP contribution < -0.4 is 0 Å². The van der Waals surface area contributed by atoms with Crippen molar-refractivity contribution in [1.82, 2.24) is 14.5 Å². The van der Waals surface area contributed by atoms with E-state index in [0.29, 0.717) is 25.6 Å². The Kier molecular flexibility index (Phi) is 6.14. The fraction of sp³-hybridized carbons (Fsp3) is 0.500. The molecule has 3 rings (SSSR count). The lowest BCUT2D eigenvalue weighted by molar-refractivity contribution is -0.134. The molecule has 1 saturated carbocycles. The molecule has 25 heavy (non-hydrogen) atoms. The van der Waals surface area contributed by atoms with E-state index in [2.05, 4.69) is 9.55 Å². The molecule has 1 fully saturated rings. The van der Waals surface area contributed by atoms with Gasteiger partial charge in [0, 0.05) is 29.9 Å². The van der Waals surface area contributed by atoms with Crippen LogP contribution in [0, 0.1) is 0 Å². The van der Waals surface area contributed by atoms with Crippen molar-refractivity contribution in [3.63, 3.8) is 0 Å². The van der Waals surface area contributed by atoms with E-state index in [1.165, 1.54) is 19.3 Å². The Morgan fingerprint density at radius 1 is 1.28 bits per heavy atom. The maximum atomic E-state index is 12.5. The first kappa shape index (κ1) is 18.0. The molecule has 1 aromatic heterocycles. The zero-order valence-electron chi connectivity index (χ0n) is 14.8. The van der Waals surface area contributed by atoms with E-state index in [1.54, 1.807) is 0 Å². The van der Waals surface area contributed by atoms with Gasteiger partial charge in [0.15, 0.2) is 0 Å². The summed E-state index contributed by atoms with van der Waals surface area (Å²) in [4.78, 5) is 19.1. The monoisotopic (exact) mass is 359 g/mol. The van der Waals surface area contributed by atoms with Crippen LogP contribution in [0.2, 0.25) is 5.02 Å². The van der Waals surface area contributed by atoms with Crippen LogP contribution in [0.15, 0.2) is 36.7 Å². The molecular weight excluding hydrogens is 334 g/mol. The van der Waals surface area contributed by atoms with Gasteiger partial charge in [-0.2, -0.15) is 0 Å². The first-order chi connectivity index (χ1) is 12.2. The minimum atomic E-state index is 0.221. The second-order valence-electron chi connectivity index (χ2n) is 6.73. The van der Waals surface area contributed by atoms with Crippen molar-refractivity contribution in [3.8, 4) is 0 Å². The largest absolute Gasteiger partial charge is 0.332 e. The second kappa shape index (κ2) is 8.52. The Morgan fingerprint density at radius 2 is 2.04 bits per heavy atom. The zero-order valence-corrected chi connectivity index (χ0v) is 15.6. The summed E-state index contributed by atoms with van der Waals surface area (Å²) in [6.07, 6.45) is 10.2. The van der Waals surface area contributed by atoms with Gasteiger partial charge < -0.3 is 9.47 Å². The molecule has 2 aromatic rings. The van der Waals surface area contributed by atoms with Crippen molar-refractivity contribution in [2.45, 2.75) is 64.6 Å². The number of amides is 1. The minimum absolute atomic E-state index is 0.221. The molecule has 1 heterocycles. The number of benzene rings is 1. The van der Waals surface area contributed by atoms with Crippen LogP contribution in [0.5, 0.6) is 0 Å². The van der Waals surface area contributed by atoms with E-state index in [4.69, 9.17) is 11.6 Å². The van der Waals surface area contributed by atoms with Gasteiger partial charge in [0.25, 0.3) is 0 Å². The van der Waals surface area contributed by atoms with Crippen LogP contribution in [-0.2, 0) is 17.9 Å². The smallest absolute Gasteiger partial charge is 0.222 e. The lowest BCUT2D eigenvalue weighted by Crippen LogP contribution is -2.41. The maximum absolute atomic E-state index is 12.5. The predicted molar refractivity (Wildman–Crippen MR) is 100 cm³/mol. The third kappa shape index (κ3) is 4.43. The Hall–Kier alpha value is -1.81. The summed E-state index contributed by atoms with van der Waals surface area (Å²) < 4.78 is 2.10. The number of nitrogens with zero attached hydrogens (tertiary/aromatic N) is 3. The van der Waals surface area contributed by atoms with Gasteiger partial charge in [-0.1, -0.05) is 56.0 Å². The molecule has 0 saturated heterocycles. The van der Waals surface area contributed by atoms with Gasteiger partial charge in [0.1, 0.15) is 5.82 Å². The molecule has 1 aliphatic carbocycles. The zero-order chi connectivity index (χ0) is 17.6. The van der Waals surface area contributed by atoms with Crippen molar-refractivity contribution < 1.29 is 4.79 Å². The molecule has 4 nitrogen and oxygen atoms in total. The summed E-state index contributed by atoms with van der Waals surface area (Å²) in [5.74, 6) is 1.14. The maximum Gasteiger partial charge on any atom is 0.222 e. The Balaban J connectivity index is 1.77. The number of imidazole rings is 1. The van der Waals surface area contributed by atoms with E-state index >= 15 is 0 Å². The highest BCUT2D eigenvalue weighted by Crippen LogP contribution is 2.25. The molecule has 5 heteroatoms. The van der Waals surface area contributed by atoms with Crippen molar-refractivity contribution >= 4 is 17.5 Å². The molecule has 0 N–H and O–H groups in total. The average Bonchev–Trinajstić information content (AvgIpc) is 3.08. The number of halogens is 1. The molecule has 0 spiro atoms. The minimum Gasteiger partial charge on any atom is -0.332 e. The number of aromatic nitrogens is 2. The van der Waals surface area contributed by atoms with Gasteiger partial charge in [-0.05, 0) is 24.5 Å². The van der Waals surface area contributed by atoms with Crippen LogP contribution in [0.4, 0.5) is 0 Å². The van der Waals surface area contributed by atoms with Crippen molar-refractivity contribution in [2.75, 3.05) is 0 Å². The Morgan fingerprint density at radius 3 is 2.76 bits per heavy atom. The molecule has 0 aliphatic heterocycles. The van der Waals surface area contributed by atoms with Gasteiger partial charge in [0.2, 0.25) is 5.91 Å². The number of hydrogen-bond acceptors (Lipinski definition) is 2. The number of hydrogen-bond donors (Lipinski definition) is 0. The molecule has 0 unspecified atom stereocenters. The van der Waals surface area contributed by atoms with Gasteiger partial charge in [-0.15, -0.1) is 0 Å². The summed E-state index contributed by atoms with van der Waals surface area (Å²) in [6.45, 7) is 3.19. The van der Waals surface area contributed by atoms with Crippen molar-refractivity contribution in [2.24, 2.45) is 0 Å². The van der Waals surface area contributed by atoms with Gasteiger partial charge >= 0.3 is 0 Å². The summed E-state index contributed by atoms with van der Waals surface area (Å²) in [6, 6.07) is 8.22. The Labute approximate surface area is 154 Å². The highest BCUT2D eigenvalue weighted by atomic mass is 35.5. The molecule has 1 aliphatic rings. The first-order valence-electron chi connectivity index (χ1n) is 9.22. The molecular formula is C20H26ClN3O. The number of rotatable bonds is 6. The average molecular weight is 360 g/mol. The highest BCUT2D eigenvalue weighted by molar-refractivity contribution is 6.31. The molecule has 1 aromatic carbocycles. The van der Waals surface area contributed by atoms with Crippen LogP contribution in [0.1, 0.15) is 56.8 Å². The van der Waals surface area contributed by atoms with Crippen LogP contribution >= 0.6 is 11.6 Å². The van der Waals surface area contributed by atoms with Crippen molar-refractivity contribution in [3.05, 3.63) is 53.1 Å². The second-order valence-corrected chi connectivity index (χ2v) is 7.14. The van der Waals surface area contributed by atoms with Gasteiger partial charge in [-0.3, -0.25) is 4.79 Å². The Bertz CT molecular complexity index is 706. The lowest BCUT2D eigenvalue weighted by Gasteiger charge is -2.34. The van der Waals surface area contributed by atoms with E-state index in [0.717, 1.165) is 29.3 Å². The molecule has 0 atom stereocenters. The summed E-state index contributed by atoms with van der Waals surface area (Å²) >= 11 is 6.30. The van der Waals surface area contributed by atoms with E-state index in [9.17, 15) is 4.79 Å². The summed E-state index contributed by atoms with van der Waals surface area (Å²) in [5, 5.41) is 0.760. The third-order valence-electron chi connectivity index (χ3n) is 5.05. The van der Waals surface area contributed by atoms with Gasteiger partial charge in [0.05, 0.1) is 13.1 Å². The van der Waals surface area contributed by atoms with Crippen LogP contribution in [-0.4, -0.2) is 26.4 Å². The molecule has 0 bridgehead atoms. The first-order valence-corrected chi connectivity index (χ1v) is 9.59. The summed E-state index contributed by atoms with van der Waals surface area (Å²) in [7, 11) is 0. The molecule has 134 valence electrons. The van der Waals surface area contributed by atoms with E-state index < -0.39 is 0 Å². The fourth-order valence-corrected chi connectivity index (χ4v) is 3.81. The lowest BCUT2D eigenvalue weighted by atomic mass is 9.94. The van der Waals surface area contributed by atoms with Crippen LogP contribution in [0.3, 0.4) is 0 Å². The predicted octanol–water partition coefficient (Wildman–Crippen LogP) is 4.66. The summed E-state index contributed by atoms with van der Waals surface area (Å²) in [5.41, 5.74) is 1.06. The molecule has 0 radical (unpaired) electrons. The van der Waals surface area contributed by atoms with Crippen LogP contribution in [0.25, 0.3) is 0 Å². The number of carbonyl (C=O) groups excluding carboxylic acids is 1. The number of carbonyl (C=O) groups is 1. The topological polar surface area (TPSA) is 38.1 Å². The quantitative estimate of drug-likeness (QED) is 0.752. The van der Waals surface area contributed by atoms with E-state index in [-0.39, 0.29) is 5.91 Å². The highest BCUT2D eigenvalue weighted by Gasteiger charge is 2.25. The third-order valence-corrected chi connectivity index (χ3v) is 5.42. The van der Waals surface area contributed by atoms with Gasteiger partial charge in [-0.25, -0.2) is 4.98 Å². The standard InChI is InChI=1S/C20H26ClN3O/c1-2-20(25)24(17-9-4-3-5-10-17)15-19-22-12-13-23(19)14-16-8-6-7-11-18(16)21/h6-8,11-13,17H,2-5,9-10,14-15H2,1H3. The van der Waals surface area contributed by atoms with Crippen molar-refractivity contribution in [1.29, 1.82) is 0 Å². The fourth-order valence-electron chi connectivity index (χ4n) is 3.61.